The average molecular weight is 399 g/mol. The topological polar surface area (TPSA) is 86.5 Å². The number of rotatable bonds is 5. The van der Waals surface area contributed by atoms with Crippen LogP contribution < -0.4 is 20.5 Å². The van der Waals surface area contributed by atoms with Gasteiger partial charge in [0.25, 0.3) is 0 Å². The first-order chi connectivity index (χ1) is 13.5. The van der Waals surface area contributed by atoms with Gasteiger partial charge in [0.15, 0.2) is 16.6 Å². The highest BCUT2D eigenvalue weighted by molar-refractivity contribution is 7.16. The Balaban J connectivity index is 1.61. The van der Waals surface area contributed by atoms with Crippen molar-refractivity contribution in [2.24, 2.45) is 0 Å². The van der Waals surface area contributed by atoms with Gasteiger partial charge in [0.2, 0.25) is 5.91 Å². The Kier molecular flexibility index (Phi) is 4.87. The van der Waals surface area contributed by atoms with E-state index in [1.54, 1.807) is 31.4 Å². The average Bonchev–Trinajstić information content (AvgIpc) is 3.06. The zero-order valence-corrected chi connectivity index (χ0v) is 15.9. The van der Waals surface area contributed by atoms with Crippen LogP contribution in [0, 0.1) is 5.82 Å². The maximum atomic E-state index is 13.8. The second-order valence-corrected chi connectivity index (χ2v) is 7.42. The third-order valence-corrected chi connectivity index (χ3v) is 5.56. The second kappa shape index (κ2) is 7.47. The lowest BCUT2D eigenvalue weighted by atomic mass is 9.91. The summed E-state index contributed by atoms with van der Waals surface area (Å²) in [5, 5.41) is 3.16. The number of carbonyl (C=O) groups excluding carboxylic acids is 1. The number of fused-ring (bicyclic) bond motifs is 1. The number of nitrogens with zero attached hydrogens (tertiary/aromatic N) is 1. The van der Waals surface area contributed by atoms with E-state index in [-0.39, 0.29) is 24.2 Å². The van der Waals surface area contributed by atoms with Gasteiger partial charge in [-0.15, -0.1) is 0 Å². The zero-order chi connectivity index (χ0) is 19.7. The van der Waals surface area contributed by atoms with Crippen LogP contribution in [0.3, 0.4) is 0 Å². The number of anilines is 2. The van der Waals surface area contributed by atoms with Crippen LogP contribution in [-0.4, -0.2) is 18.0 Å². The van der Waals surface area contributed by atoms with Gasteiger partial charge in [0.05, 0.1) is 12.0 Å². The number of thiazole rings is 1. The molecule has 144 valence electrons. The first-order valence-corrected chi connectivity index (χ1v) is 9.47. The van der Waals surface area contributed by atoms with Crippen LogP contribution >= 0.6 is 11.3 Å². The Bertz CT molecular complexity index is 1040. The molecule has 1 aliphatic heterocycles. The van der Waals surface area contributed by atoms with E-state index < -0.39 is 0 Å². The van der Waals surface area contributed by atoms with Gasteiger partial charge in [-0.25, -0.2) is 9.37 Å². The maximum Gasteiger partial charge on any atom is 0.226 e. The molecule has 4 rings (SSSR count). The van der Waals surface area contributed by atoms with E-state index in [0.717, 1.165) is 10.4 Å². The van der Waals surface area contributed by atoms with Crippen molar-refractivity contribution in [3.63, 3.8) is 0 Å². The largest absolute Gasteiger partial charge is 0.493 e. The van der Waals surface area contributed by atoms with Crippen molar-refractivity contribution in [1.82, 2.24) is 4.98 Å². The van der Waals surface area contributed by atoms with Gasteiger partial charge in [-0.3, -0.25) is 4.79 Å². The van der Waals surface area contributed by atoms with Crippen molar-refractivity contribution >= 4 is 28.2 Å². The lowest BCUT2D eigenvalue weighted by Crippen LogP contribution is -2.22. The summed E-state index contributed by atoms with van der Waals surface area (Å²) < 4.78 is 25.0. The van der Waals surface area contributed by atoms with Crippen LogP contribution in [0.5, 0.6) is 11.5 Å². The van der Waals surface area contributed by atoms with Crippen molar-refractivity contribution in [1.29, 1.82) is 0 Å². The number of nitrogen functional groups attached to an aromatic ring is 1. The third-order valence-electron chi connectivity index (χ3n) is 4.56. The van der Waals surface area contributed by atoms with Gasteiger partial charge in [-0.2, -0.15) is 0 Å². The number of aromatic nitrogens is 1. The summed E-state index contributed by atoms with van der Waals surface area (Å²) in [5.41, 5.74) is 7.17. The molecule has 0 spiro atoms. The van der Waals surface area contributed by atoms with E-state index in [1.807, 2.05) is 12.1 Å². The van der Waals surface area contributed by atoms with Gasteiger partial charge < -0.3 is 20.5 Å². The minimum absolute atomic E-state index is 0.0870. The zero-order valence-electron chi connectivity index (χ0n) is 15.1. The number of amides is 1. The lowest BCUT2D eigenvalue weighted by molar-refractivity contribution is -0.116. The fraction of sp³-hybridized carbons (Fsp3) is 0.200. The molecule has 8 heteroatoms. The lowest BCUT2D eigenvalue weighted by Gasteiger charge is -2.22. The molecule has 1 aliphatic rings. The molecule has 0 unspecified atom stereocenters. The van der Waals surface area contributed by atoms with E-state index in [0.29, 0.717) is 34.4 Å². The molecule has 1 amide bonds. The van der Waals surface area contributed by atoms with Crippen molar-refractivity contribution in [3.8, 4) is 11.5 Å². The Labute approximate surface area is 165 Å². The summed E-state index contributed by atoms with van der Waals surface area (Å²) in [6.45, 7) is 0.0870. The van der Waals surface area contributed by atoms with Crippen molar-refractivity contribution in [2.45, 2.75) is 18.9 Å². The number of hydrogen-bond acceptors (Lipinski definition) is 6. The number of halogens is 1. The summed E-state index contributed by atoms with van der Waals surface area (Å²) in [6.07, 6.45) is 0.299. The van der Waals surface area contributed by atoms with Gasteiger partial charge >= 0.3 is 0 Å². The fourth-order valence-electron chi connectivity index (χ4n) is 3.20. The first kappa shape index (κ1) is 18.2. The Morgan fingerprint density at radius 2 is 2.11 bits per heavy atom. The van der Waals surface area contributed by atoms with Crippen LogP contribution in [0.15, 0.2) is 42.5 Å². The molecule has 3 aromatic rings. The molecule has 1 aromatic heterocycles. The molecule has 6 nitrogen and oxygen atoms in total. The first-order valence-electron chi connectivity index (χ1n) is 8.65. The molecular weight excluding hydrogens is 381 g/mol. The third kappa shape index (κ3) is 3.50. The molecule has 0 saturated heterocycles. The number of nitrogens with one attached hydrogen (secondary N) is 1. The second-order valence-electron chi connectivity index (χ2n) is 6.36. The van der Waals surface area contributed by atoms with E-state index >= 15 is 0 Å². The Morgan fingerprint density at radius 1 is 1.29 bits per heavy atom. The molecule has 0 radical (unpaired) electrons. The summed E-state index contributed by atoms with van der Waals surface area (Å²) >= 11 is 1.36. The van der Waals surface area contributed by atoms with Gasteiger partial charge in [-0.1, -0.05) is 35.6 Å². The van der Waals surface area contributed by atoms with Crippen LogP contribution in [-0.2, 0) is 11.4 Å². The van der Waals surface area contributed by atoms with Crippen molar-refractivity contribution < 1.29 is 18.7 Å². The summed E-state index contributed by atoms with van der Waals surface area (Å²) in [5.74, 6) is 0.941. The highest BCUT2D eigenvalue weighted by Crippen LogP contribution is 2.43. The minimum Gasteiger partial charge on any atom is -0.493 e. The Hall–Kier alpha value is -3.13. The number of methoxy groups -OCH3 is 1. The smallest absolute Gasteiger partial charge is 0.226 e. The molecule has 0 aliphatic carbocycles. The predicted octanol–water partition coefficient (Wildman–Crippen LogP) is 3.93. The Morgan fingerprint density at radius 3 is 2.89 bits per heavy atom. The van der Waals surface area contributed by atoms with Crippen LogP contribution in [0.4, 0.5) is 15.3 Å². The van der Waals surface area contributed by atoms with E-state index in [4.69, 9.17) is 15.2 Å². The van der Waals surface area contributed by atoms with Crippen LogP contribution in [0.2, 0.25) is 0 Å². The van der Waals surface area contributed by atoms with Gasteiger partial charge in [-0.05, 0) is 23.8 Å². The maximum absolute atomic E-state index is 13.8. The number of nitrogens with two attached hydrogens (primary N) is 1. The SMILES string of the molecule is COc1cc([C@H]2CC(=O)Nc3nc(N)sc32)ccc1OCc1ccccc1F. The van der Waals surface area contributed by atoms with E-state index in [2.05, 4.69) is 10.3 Å². The minimum atomic E-state index is -0.318. The van der Waals surface area contributed by atoms with Crippen molar-refractivity contribution in [3.05, 3.63) is 64.3 Å². The summed E-state index contributed by atoms with van der Waals surface area (Å²) in [4.78, 5) is 17.2. The van der Waals surface area contributed by atoms with Crippen LogP contribution in [0.1, 0.15) is 28.3 Å². The number of ether oxygens (including phenoxy) is 2. The molecule has 28 heavy (non-hydrogen) atoms. The highest BCUT2D eigenvalue weighted by Gasteiger charge is 2.30. The summed E-state index contributed by atoms with van der Waals surface area (Å²) in [7, 11) is 1.54. The fourth-order valence-corrected chi connectivity index (χ4v) is 4.11. The number of carbonyl (C=O) groups is 1. The van der Waals surface area contributed by atoms with E-state index in [9.17, 15) is 9.18 Å². The van der Waals surface area contributed by atoms with E-state index in [1.165, 1.54) is 17.4 Å². The molecular formula is C20H18FN3O3S. The van der Waals surface area contributed by atoms with Crippen molar-refractivity contribution in [2.75, 3.05) is 18.2 Å². The van der Waals surface area contributed by atoms with Gasteiger partial charge in [0.1, 0.15) is 18.2 Å². The molecule has 0 saturated carbocycles. The van der Waals surface area contributed by atoms with Crippen LogP contribution in [0.25, 0.3) is 0 Å². The molecule has 2 heterocycles. The molecule has 1 atom stereocenters. The quantitative estimate of drug-likeness (QED) is 0.679. The normalized spacial score (nSPS) is 15.6. The monoisotopic (exact) mass is 399 g/mol. The summed E-state index contributed by atoms with van der Waals surface area (Å²) in [6, 6.07) is 11.9. The molecule has 3 N–H and O–H groups in total. The molecule has 0 bridgehead atoms. The highest BCUT2D eigenvalue weighted by atomic mass is 32.1. The standard InChI is InChI=1S/C20H18FN3O3S/c1-26-16-8-11(13-9-17(25)23-19-18(13)28-20(22)24-19)6-7-15(16)27-10-12-4-2-3-5-14(12)21/h2-8,13H,9-10H2,1H3,(H2,22,24)(H,23,25)/t13-/m1/s1. The predicted molar refractivity (Wildman–Crippen MR) is 105 cm³/mol. The molecule has 2 aromatic carbocycles. The van der Waals surface area contributed by atoms with Gasteiger partial charge in [0, 0.05) is 17.9 Å². The molecule has 0 fully saturated rings. The number of hydrogen-bond donors (Lipinski definition) is 2. The number of benzene rings is 2.